The van der Waals surface area contributed by atoms with Gasteiger partial charge in [-0.15, -0.1) is 0 Å². The van der Waals surface area contributed by atoms with Crippen LogP contribution in [0.4, 0.5) is 0 Å². The number of methoxy groups -OCH3 is 1. The van der Waals surface area contributed by atoms with Crippen molar-refractivity contribution in [3.8, 4) is 0 Å². The maximum Gasteiger partial charge on any atom is 0.338 e. The lowest BCUT2D eigenvalue weighted by Gasteiger charge is -2.22. The van der Waals surface area contributed by atoms with Gasteiger partial charge in [0.25, 0.3) is 0 Å². The summed E-state index contributed by atoms with van der Waals surface area (Å²) in [4.78, 5) is 25.7. The Bertz CT molecular complexity index is 1330. The van der Waals surface area contributed by atoms with E-state index in [1.807, 2.05) is 24.3 Å². The number of carbonyl (C=O) groups is 2. The molecule has 4 aromatic rings. The van der Waals surface area contributed by atoms with E-state index in [0.29, 0.717) is 30.0 Å². The van der Waals surface area contributed by atoms with Crippen LogP contribution in [-0.4, -0.2) is 23.4 Å². The number of aromatic nitrogens is 1. The van der Waals surface area contributed by atoms with Gasteiger partial charge in [0.05, 0.1) is 18.2 Å². The molecule has 0 bridgehead atoms. The van der Waals surface area contributed by atoms with Gasteiger partial charge in [0.1, 0.15) is 0 Å². The Kier molecular flexibility index (Phi) is 4.85. The minimum absolute atomic E-state index is 0.131. The van der Waals surface area contributed by atoms with Crippen LogP contribution >= 0.6 is 0 Å². The van der Waals surface area contributed by atoms with E-state index in [1.54, 1.807) is 6.07 Å². The first kappa shape index (κ1) is 19.6. The van der Waals surface area contributed by atoms with Crippen molar-refractivity contribution in [3.05, 3.63) is 83.0 Å². The second-order valence-electron chi connectivity index (χ2n) is 8.39. The molecule has 4 nitrogen and oxygen atoms in total. The molecule has 0 saturated heterocycles. The summed E-state index contributed by atoms with van der Waals surface area (Å²) < 4.78 is 7.27. The van der Waals surface area contributed by atoms with E-state index in [0.717, 1.165) is 29.4 Å². The second-order valence-corrected chi connectivity index (χ2v) is 8.39. The lowest BCUT2D eigenvalue weighted by Crippen LogP contribution is -2.21. The number of hydrogen-bond donors (Lipinski definition) is 0. The molecule has 1 unspecified atom stereocenters. The predicted molar refractivity (Wildman–Crippen MR) is 123 cm³/mol. The normalized spacial score (nSPS) is 15.9. The zero-order valence-corrected chi connectivity index (χ0v) is 17.9. The molecule has 3 aromatic carbocycles. The Balaban J connectivity index is 1.73. The highest BCUT2D eigenvalue weighted by molar-refractivity contribution is 6.16. The number of nitrogens with zero attached hydrogens (tertiary/aromatic N) is 1. The molecule has 4 heteroatoms. The molecule has 0 aliphatic heterocycles. The second kappa shape index (κ2) is 7.69. The Hall–Kier alpha value is -3.40. The maximum absolute atomic E-state index is 13.2. The van der Waals surface area contributed by atoms with Crippen LogP contribution in [0.5, 0.6) is 0 Å². The van der Waals surface area contributed by atoms with Crippen molar-refractivity contribution in [2.75, 3.05) is 7.11 Å². The number of Topliss-reactive ketones (excluding diaryl/α,β-unsaturated/α-hetero) is 1. The van der Waals surface area contributed by atoms with Crippen molar-refractivity contribution in [2.24, 2.45) is 5.92 Å². The van der Waals surface area contributed by atoms with Crippen molar-refractivity contribution in [3.63, 3.8) is 0 Å². The lowest BCUT2D eigenvalue weighted by atomic mass is 9.84. The van der Waals surface area contributed by atoms with Crippen LogP contribution < -0.4 is 0 Å². The number of fused-ring (bicyclic) bond motifs is 4. The Morgan fingerprint density at radius 3 is 2.61 bits per heavy atom. The number of esters is 1. The van der Waals surface area contributed by atoms with E-state index < -0.39 is 5.97 Å². The molecule has 5 rings (SSSR count). The van der Waals surface area contributed by atoms with E-state index in [-0.39, 0.29) is 5.78 Å². The molecule has 0 saturated carbocycles. The molecule has 0 spiro atoms. The third-order valence-electron chi connectivity index (χ3n) is 6.57. The van der Waals surface area contributed by atoms with Crippen LogP contribution in [0.25, 0.3) is 21.7 Å². The molecule has 1 atom stereocenters. The monoisotopic (exact) mass is 411 g/mol. The first-order chi connectivity index (χ1) is 15.1. The summed E-state index contributed by atoms with van der Waals surface area (Å²) in [6.45, 7) is 2.80. The van der Waals surface area contributed by atoms with Gasteiger partial charge in [0.15, 0.2) is 5.78 Å². The molecule has 0 amide bonds. The zero-order chi connectivity index (χ0) is 21.5. The van der Waals surface area contributed by atoms with Gasteiger partial charge >= 0.3 is 5.97 Å². The first-order valence-corrected chi connectivity index (χ1v) is 10.8. The number of rotatable bonds is 4. The van der Waals surface area contributed by atoms with Crippen LogP contribution in [0.2, 0.25) is 0 Å². The van der Waals surface area contributed by atoms with Crippen molar-refractivity contribution < 1.29 is 14.3 Å². The van der Waals surface area contributed by atoms with Gasteiger partial charge in [0.2, 0.25) is 0 Å². The van der Waals surface area contributed by atoms with Crippen LogP contribution in [-0.2, 0) is 17.7 Å². The first-order valence-electron chi connectivity index (χ1n) is 10.8. The van der Waals surface area contributed by atoms with Crippen LogP contribution in [0.3, 0.4) is 0 Å². The third-order valence-corrected chi connectivity index (χ3v) is 6.57. The minimum atomic E-state index is -0.401. The fourth-order valence-electron chi connectivity index (χ4n) is 4.94. The van der Waals surface area contributed by atoms with E-state index in [9.17, 15) is 9.59 Å². The molecule has 1 aliphatic carbocycles. The minimum Gasteiger partial charge on any atom is -0.465 e. The van der Waals surface area contributed by atoms with Gasteiger partial charge in [-0.25, -0.2) is 4.79 Å². The molecule has 1 heterocycles. The Labute approximate surface area is 181 Å². The highest BCUT2D eigenvalue weighted by Gasteiger charge is 2.32. The van der Waals surface area contributed by atoms with Crippen LogP contribution in [0, 0.1) is 5.92 Å². The molecule has 1 aromatic heterocycles. The summed E-state index contributed by atoms with van der Waals surface area (Å²) in [5.41, 5.74) is 4.32. The molecular weight excluding hydrogens is 386 g/mol. The molecule has 31 heavy (non-hydrogen) atoms. The molecule has 0 N–H and O–H groups in total. The molecule has 0 radical (unpaired) electrons. The fraction of sp³-hybridized carbons (Fsp3) is 0.259. The van der Waals surface area contributed by atoms with Gasteiger partial charge in [-0.3, -0.25) is 4.79 Å². The highest BCUT2D eigenvalue weighted by Crippen LogP contribution is 2.37. The lowest BCUT2D eigenvalue weighted by molar-refractivity contribution is 0.0603. The Morgan fingerprint density at radius 1 is 1.03 bits per heavy atom. The number of ketones is 1. The van der Waals surface area contributed by atoms with E-state index in [4.69, 9.17) is 4.74 Å². The number of hydrogen-bond acceptors (Lipinski definition) is 3. The molecule has 156 valence electrons. The standard InChI is InChI=1S/C27H25NO3/c1-3-17-14-23-26(24(29)15-17)25-21(27(30)31-2)9-6-10-22(25)28(23)16-18-11-12-19-7-4-5-8-20(19)13-18/h4-13,17H,3,14-16H2,1-2H3. The SMILES string of the molecule is CCC1CC(=O)c2c(n(Cc3ccc4ccccc4c3)c3cccc(C(=O)OC)c23)C1. The van der Waals surface area contributed by atoms with Crippen LogP contribution in [0.1, 0.15) is 51.7 Å². The third kappa shape index (κ3) is 3.23. The predicted octanol–water partition coefficient (Wildman–Crippen LogP) is 5.78. The highest BCUT2D eigenvalue weighted by atomic mass is 16.5. The number of ether oxygens (including phenoxy) is 1. The molecular formula is C27H25NO3. The van der Waals surface area contributed by atoms with Gasteiger partial charge in [-0.05, 0) is 46.9 Å². The van der Waals surface area contributed by atoms with Crippen molar-refractivity contribution in [1.82, 2.24) is 4.57 Å². The summed E-state index contributed by atoms with van der Waals surface area (Å²) in [6.07, 6.45) is 2.35. The number of benzene rings is 3. The van der Waals surface area contributed by atoms with Crippen molar-refractivity contribution in [2.45, 2.75) is 32.7 Å². The van der Waals surface area contributed by atoms with E-state index >= 15 is 0 Å². The summed E-state index contributed by atoms with van der Waals surface area (Å²) in [5.74, 6) is 0.0645. The van der Waals surface area contributed by atoms with Crippen molar-refractivity contribution in [1.29, 1.82) is 0 Å². The van der Waals surface area contributed by atoms with E-state index in [1.165, 1.54) is 23.4 Å². The molecule has 0 fully saturated rings. The van der Waals surface area contributed by atoms with Gasteiger partial charge in [-0.2, -0.15) is 0 Å². The van der Waals surface area contributed by atoms with Gasteiger partial charge < -0.3 is 9.30 Å². The topological polar surface area (TPSA) is 48.3 Å². The largest absolute Gasteiger partial charge is 0.465 e. The summed E-state index contributed by atoms with van der Waals surface area (Å²) in [5, 5.41) is 3.15. The quantitative estimate of drug-likeness (QED) is 0.400. The van der Waals surface area contributed by atoms with E-state index in [2.05, 4.69) is 41.8 Å². The van der Waals surface area contributed by atoms with Gasteiger partial charge in [0, 0.05) is 29.6 Å². The average molecular weight is 412 g/mol. The maximum atomic E-state index is 13.2. The summed E-state index contributed by atoms with van der Waals surface area (Å²) in [6, 6.07) is 20.5. The molecule has 1 aliphatic rings. The Morgan fingerprint density at radius 2 is 1.84 bits per heavy atom. The fourth-order valence-corrected chi connectivity index (χ4v) is 4.94. The zero-order valence-electron chi connectivity index (χ0n) is 17.9. The van der Waals surface area contributed by atoms with Gasteiger partial charge in [-0.1, -0.05) is 55.8 Å². The smallest absolute Gasteiger partial charge is 0.338 e. The summed E-state index contributed by atoms with van der Waals surface area (Å²) in [7, 11) is 1.38. The van der Waals surface area contributed by atoms with Crippen LogP contribution in [0.15, 0.2) is 60.7 Å². The average Bonchev–Trinajstić information content (AvgIpc) is 3.12. The van der Waals surface area contributed by atoms with Crippen molar-refractivity contribution >= 4 is 33.4 Å². The summed E-state index contributed by atoms with van der Waals surface area (Å²) >= 11 is 0. The number of carbonyl (C=O) groups excluding carboxylic acids is 2.